The van der Waals surface area contributed by atoms with Gasteiger partial charge in [0.05, 0.1) is 25.3 Å². The van der Waals surface area contributed by atoms with Gasteiger partial charge in [-0.1, -0.05) is 18.2 Å². The quantitative estimate of drug-likeness (QED) is 0.812. The fourth-order valence-corrected chi connectivity index (χ4v) is 2.65. The van der Waals surface area contributed by atoms with Crippen molar-refractivity contribution in [3.63, 3.8) is 0 Å². The van der Waals surface area contributed by atoms with E-state index in [0.29, 0.717) is 0 Å². The second kappa shape index (κ2) is 7.89. The van der Waals surface area contributed by atoms with E-state index in [9.17, 15) is 0 Å². The minimum absolute atomic E-state index is 0. The minimum atomic E-state index is 0. The summed E-state index contributed by atoms with van der Waals surface area (Å²) < 4.78 is 2.28. The summed E-state index contributed by atoms with van der Waals surface area (Å²) in [6, 6.07) is 15.0. The van der Waals surface area contributed by atoms with Crippen LogP contribution >= 0.6 is 0 Å². The van der Waals surface area contributed by atoms with Crippen LogP contribution in [-0.4, -0.2) is 13.6 Å². The van der Waals surface area contributed by atoms with Gasteiger partial charge in [0.15, 0.2) is 0 Å². The molecule has 0 aliphatic carbocycles. The standard InChI is InChI=1S/C17H23N3.ClH/c1-5-19-14(3)12-16(13-17(19)18-4)20(6-2)15-10-8-7-9-11-15;/h7-13H,5-6H2,1-4H3;1H. The summed E-state index contributed by atoms with van der Waals surface area (Å²) in [4.78, 5) is 2.33. The molecular weight excluding hydrogens is 282 g/mol. The number of hydrogen-bond acceptors (Lipinski definition) is 2. The zero-order valence-electron chi connectivity index (χ0n) is 13.2. The lowest BCUT2D eigenvalue weighted by Gasteiger charge is -2.24. The number of anilines is 3. The third kappa shape index (κ3) is 3.67. The smallest absolute Gasteiger partial charge is 0.276 e. The highest BCUT2D eigenvalue weighted by Gasteiger charge is 2.15. The van der Waals surface area contributed by atoms with Crippen LogP contribution < -0.4 is 27.2 Å². The van der Waals surface area contributed by atoms with Crippen LogP contribution in [0, 0.1) is 6.92 Å². The van der Waals surface area contributed by atoms with Crippen molar-refractivity contribution in [2.24, 2.45) is 0 Å². The molecule has 0 aliphatic heterocycles. The molecular formula is C17H24ClN3. The number of aromatic nitrogens is 1. The van der Waals surface area contributed by atoms with E-state index in [-0.39, 0.29) is 12.4 Å². The molecule has 0 unspecified atom stereocenters. The summed E-state index contributed by atoms with van der Waals surface area (Å²) in [7, 11) is 1.98. The molecule has 2 rings (SSSR count). The van der Waals surface area contributed by atoms with Crippen molar-refractivity contribution in [2.45, 2.75) is 27.3 Å². The number of para-hydroxylation sites is 1. The number of aryl methyl sites for hydroxylation is 1. The molecule has 3 nitrogen and oxygen atoms in total. The molecule has 1 aromatic heterocycles. The molecule has 0 atom stereocenters. The van der Waals surface area contributed by atoms with Crippen LogP contribution in [0.3, 0.4) is 0 Å². The van der Waals surface area contributed by atoms with Crippen LogP contribution in [-0.2, 0) is 6.54 Å². The van der Waals surface area contributed by atoms with E-state index in [4.69, 9.17) is 0 Å². The molecule has 0 amide bonds. The minimum Gasteiger partial charge on any atom is -1.00 e. The van der Waals surface area contributed by atoms with Crippen LogP contribution in [0.1, 0.15) is 19.5 Å². The molecule has 114 valence electrons. The van der Waals surface area contributed by atoms with Gasteiger partial charge in [-0.2, -0.15) is 0 Å². The Morgan fingerprint density at radius 1 is 1.05 bits per heavy atom. The third-order valence-electron chi connectivity index (χ3n) is 3.63. The van der Waals surface area contributed by atoms with E-state index in [1.807, 2.05) is 7.05 Å². The van der Waals surface area contributed by atoms with Crippen molar-refractivity contribution in [1.29, 1.82) is 0 Å². The Morgan fingerprint density at radius 3 is 2.24 bits per heavy atom. The van der Waals surface area contributed by atoms with E-state index >= 15 is 0 Å². The molecule has 4 heteroatoms. The lowest BCUT2D eigenvalue weighted by molar-refractivity contribution is -0.685. The number of halogens is 1. The Hall–Kier alpha value is -1.74. The molecule has 0 radical (unpaired) electrons. The first-order chi connectivity index (χ1) is 9.71. The first-order valence-electron chi connectivity index (χ1n) is 7.26. The van der Waals surface area contributed by atoms with Gasteiger partial charge in [0.25, 0.3) is 5.82 Å². The van der Waals surface area contributed by atoms with Gasteiger partial charge in [0.1, 0.15) is 5.69 Å². The number of pyridine rings is 1. The summed E-state index contributed by atoms with van der Waals surface area (Å²) in [6.45, 7) is 8.43. The molecule has 0 spiro atoms. The van der Waals surface area contributed by atoms with Crippen LogP contribution in [0.15, 0.2) is 42.5 Å². The molecule has 0 fully saturated rings. The summed E-state index contributed by atoms with van der Waals surface area (Å²) in [5.41, 5.74) is 3.72. The normalized spacial score (nSPS) is 9.90. The second-order valence-electron chi connectivity index (χ2n) is 4.81. The van der Waals surface area contributed by atoms with E-state index in [1.165, 1.54) is 17.1 Å². The molecule has 21 heavy (non-hydrogen) atoms. The van der Waals surface area contributed by atoms with E-state index in [0.717, 1.165) is 18.9 Å². The fraction of sp³-hybridized carbons (Fsp3) is 0.353. The maximum Gasteiger partial charge on any atom is 0.276 e. The Morgan fingerprint density at radius 2 is 1.71 bits per heavy atom. The summed E-state index contributed by atoms with van der Waals surface area (Å²) >= 11 is 0. The fourth-order valence-electron chi connectivity index (χ4n) is 2.65. The van der Waals surface area contributed by atoms with Gasteiger partial charge in [-0.15, -0.1) is 0 Å². The van der Waals surface area contributed by atoms with Crippen molar-refractivity contribution in [3.8, 4) is 0 Å². The highest BCUT2D eigenvalue weighted by molar-refractivity contribution is 5.65. The van der Waals surface area contributed by atoms with Crippen molar-refractivity contribution in [1.82, 2.24) is 0 Å². The number of rotatable bonds is 5. The van der Waals surface area contributed by atoms with Crippen molar-refractivity contribution in [3.05, 3.63) is 48.2 Å². The largest absolute Gasteiger partial charge is 1.00 e. The van der Waals surface area contributed by atoms with E-state index in [2.05, 4.69) is 78.0 Å². The van der Waals surface area contributed by atoms with Crippen LogP contribution in [0.25, 0.3) is 0 Å². The Labute approximate surface area is 134 Å². The average Bonchev–Trinajstić information content (AvgIpc) is 2.48. The highest BCUT2D eigenvalue weighted by Crippen LogP contribution is 2.26. The molecule has 1 heterocycles. The van der Waals surface area contributed by atoms with Crippen molar-refractivity contribution >= 4 is 17.2 Å². The zero-order valence-corrected chi connectivity index (χ0v) is 14.0. The van der Waals surface area contributed by atoms with Gasteiger partial charge in [-0.3, -0.25) is 5.32 Å². The van der Waals surface area contributed by atoms with Gasteiger partial charge in [-0.05, 0) is 32.9 Å². The predicted molar refractivity (Wildman–Crippen MR) is 85.7 cm³/mol. The molecule has 0 aliphatic rings. The van der Waals surface area contributed by atoms with Gasteiger partial charge >= 0.3 is 0 Å². The monoisotopic (exact) mass is 305 g/mol. The van der Waals surface area contributed by atoms with E-state index in [1.54, 1.807) is 0 Å². The molecule has 1 N–H and O–H groups in total. The molecule has 0 saturated carbocycles. The highest BCUT2D eigenvalue weighted by atomic mass is 35.5. The molecule has 2 aromatic rings. The van der Waals surface area contributed by atoms with Gasteiger partial charge in [0.2, 0.25) is 0 Å². The number of nitrogens with one attached hydrogen (secondary N) is 1. The third-order valence-corrected chi connectivity index (χ3v) is 3.63. The van der Waals surface area contributed by atoms with Gasteiger partial charge < -0.3 is 17.3 Å². The zero-order chi connectivity index (χ0) is 14.5. The topological polar surface area (TPSA) is 19.1 Å². The Balaban J connectivity index is 0.00000220. The number of hydrogen-bond donors (Lipinski definition) is 1. The average molecular weight is 306 g/mol. The van der Waals surface area contributed by atoms with Gasteiger partial charge in [-0.25, -0.2) is 4.57 Å². The molecule has 0 bridgehead atoms. The first-order valence-corrected chi connectivity index (χ1v) is 7.26. The lowest BCUT2D eigenvalue weighted by Crippen LogP contribution is -3.00. The van der Waals surface area contributed by atoms with Crippen LogP contribution in [0.2, 0.25) is 0 Å². The van der Waals surface area contributed by atoms with Gasteiger partial charge in [0, 0.05) is 18.3 Å². The molecule has 1 aromatic carbocycles. The Bertz CT molecular complexity index is 570. The van der Waals surface area contributed by atoms with Crippen molar-refractivity contribution in [2.75, 3.05) is 23.8 Å². The maximum absolute atomic E-state index is 3.29. The number of benzene rings is 1. The maximum atomic E-state index is 3.29. The Kier molecular flexibility index (Phi) is 6.50. The second-order valence-corrected chi connectivity index (χ2v) is 4.81. The molecule has 0 saturated heterocycles. The SMILES string of the molecule is CCN(c1ccccc1)c1cc(C)[n+](CC)c(NC)c1.[Cl-]. The van der Waals surface area contributed by atoms with Crippen LogP contribution in [0.4, 0.5) is 17.2 Å². The first kappa shape index (κ1) is 17.3. The van der Waals surface area contributed by atoms with Crippen molar-refractivity contribution < 1.29 is 17.0 Å². The lowest BCUT2D eigenvalue weighted by atomic mass is 10.2. The van der Waals surface area contributed by atoms with Crippen LogP contribution in [0.5, 0.6) is 0 Å². The summed E-state index contributed by atoms with van der Waals surface area (Å²) in [5.74, 6) is 1.15. The number of nitrogens with zero attached hydrogens (tertiary/aromatic N) is 2. The summed E-state index contributed by atoms with van der Waals surface area (Å²) in [5, 5.41) is 3.29. The summed E-state index contributed by atoms with van der Waals surface area (Å²) in [6.07, 6.45) is 0. The predicted octanol–water partition coefficient (Wildman–Crippen LogP) is 0.506. The van der Waals surface area contributed by atoms with E-state index < -0.39 is 0 Å².